The van der Waals surface area contributed by atoms with Crippen LogP contribution in [-0.4, -0.2) is 33.0 Å². The summed E-state index contributed by atoms with van der Waals surface area (Å²) in [5, 5.41) is 0. The molecule has 0 aliphatic heterocycles. The van der Waals surface area contributed by atoms with Crippen LogP contribution < -0.4 is 10.6 Å². The predicted octanol–water partition coefficient (Wildman–Crippen LogP) is 4.62. The number of hydrogen-bond acceptors (Lipinski definition) is 5. The molecule has 0 saturated carbocycles. The maximum atomic E-state index is 11.3. The number of hydrogen-bond donors (Lipinski definition) is 1. The molecule has 0 radical (unpaired) electrons. The second kappa shape index (κ2) is 21.7. The van der Waals surface area contributed by atoms with E-state index in [1.807, 2.05) is 0 Å². The van der Waals surface area contributed by atoms with Crippen molar-refractivity contribution in [2.45, 2.75) is 103 Å². The SMILES string of the molecule is CCCCCCCCCCCCCCCCOCCCOP(=O)([O-])OCC[NH3+]. The van der Waals surface area contributed by atoms with E-state index in [9.17, 15) is 9.46 Å². The van der Waals surface area contributed by atoms with Crippen molar-refractivity contribution < 1.29 is 29.0 Å². The lowest BCUT2D eigenvalue weighted by molar-refractivity contribution is -0.373. The van der Waals surface area contributed by atoms with Crippen LogP contribution in [0.1, 0.15) is 103 Å². The van der Waals surface area contributed by atoms with Crippen LogP contribution in [0.25, 0.3) is 0 Å². The van der Waals surface area contributed by atoms with Gasteiger partial charge in [-0.2, -0.15) is 0 Å². The molecule has 7 heteroatoms. The molecule has 0 aliphatic rings. The summed E-state index contributed by atoms with van der Waals surface area (Å²) in [6.07, 6.45) is 19.4. The molecule has 0 aromatic heterocycles. The number of rotatable bonds is 23. The van der Waals surface area contributed by atoms with E-state index in [1.165, 1.54) is 83.5 Å². The van der Waals surface area contributed by atoms with Gasteiger partial charge in [-0.05, 0) is 12.8 Å². The minimum absolute atomic E-state index is 0.0659. The average molecular weight is 424 g/mol. The Labute approximate surface area is 173 Å². The zero-order valence-electron chi connectivity index (χ0n) is 18.3. The minimum Gasteiger partial charge on any atom is -0.756 e. The fourth-order valence-electron chi connectivity index (χ4n) is 3.05. The molecule has 0 aliphatic carbocycles. The Morgan fingerprint density at radius 1 is 0.643 bits per heavy atom. The van der Waals surface area contributed by atoms with E-state index in [0.717, 1.165) is 13.0 Å². The molecule has 0 aromatic carbocycles. The van der Waals surface area contributed by atoms with Gasteiger partial charge in [0.05, 0.1) is 13.2 Å². The van der Waals surface area contributed by atoms with Crippen molar-refractivity contribution in [3.63, 3.8) is 0 Å². The first-order chi connectivity index (χ1) is 13.6. The summed E-state index contributed by atoms with van der Waals surface area (Å²) in [6.45, 7) is 4.11. The lowest BCUT2D eigenvalue weighted by Crippen LogP contribution is -2.52. The predicted molar refractivity (Wildman–Crippen MR) is 113 cm³/mol. The maximum absolute atomic E-state index is 11.3. The second-order valence-electron chi connectivity index (χ2n) is 7.53. The largest absolute Gasteiger partial charge is 0.756 e. The van der Waals surface area contributed by atoms with Gasteiger partial charge in [-0.1, -0.05) is 90.4 Å². The molecule has 0 heterocycles. The van der Waals surface area contributed by atoms with Crippen LogP contribution in [0.5, 0.6) is 0 Å². The summed E-state index contributed by atoms with van der Waals surface area (Å²) in [5.41, 5.74) is 3.52. The van der Waals surface area contributed by atoms with Gasteiger partial charge in [0.2, 0.25) is 0 Å². The lowest BCUT2D eigenvalue weighted by Gasteiger charge is -2.21. The number of ether oxygens (including phenoxy) is 1. The standard InChI is InChI=1S/C21H46NO5P/c1-2-3-4-5-6-7-8-9-10-11-12-13-14-15-18-25-19-16-20-26-28(23,24)27-21-17-22/h2-22H2,1H3,(H,23,24). The lowest BCUT2D eigenvalue weighted by atomic mass is 10.0. The van der Waals surface area contributed by atoms with Gasteiger partial charge < -0.3 is 24.4 Å². The van der Waals surface area contributed by atoms with Crippen molar-refractivity contribution in [2.24, 2.45) is 0 Å². The highest BCUT2D eigenvalue weighted by molar-refractivity contribution is 7.45. The second-order valence-corrected chi connectivity index (χ2v) is 8.94. The summed E-state index contributed by atoms with van der Waals surface area (Å²) >= 11 is 0. The Hall–Kier alpha value is 0.0300. The molecule has 0 amide bonds. The van der Waals surface area contributed by atoms with Crippen molar-refractivity contribution in [1.29, 1.82) is 0 Å². The van der Waals surface area contributed by atoms with E-state index in [1.54, 1.807) is 0 Å². The van der Waals surface area contributed by atoms with Crippen LogP contribution >= 0.6 is 7.82 Å². The van der Waals surface area contributed by atoms with E-state index in [4.69, 9.17) is 9.26 Å². The van der Waals surface area contributed by atoms with Crippen LogP contribution in [0.15, 0.2) is 0 Å². The molecule has 0 spiro atoms. The first-order valence-corrected chi connectivity index (χ1v) is 13.1. The van der Waals surface area contributed by atoms with Gasteiger partial charge >= 0.3 is 0 Å². The van der Waals surface area contributed by atoms with Crippen LogP contribution in [-0.2, 0) is 18.3 Å². The van der Waals surface area contributed by atoms with Crippen molar-refractivity contribution in [3.8, 4) is 0 Å². The Morgan fingerprint density at radius 3 is 1.57 bits per heavy atom. The number of phosphoric acid groups is 1. The normalized spacial score (nSPS) is 13.7. The fraction of sp³-hybridized carbons (Fsp3) is 1.00. The van der Waals surface area contributed by atoms with Crippen LogP contribution in [0.2, 0.25) is 0 Å². The molecule has 1 unspecified atom stereocenters. The first kappa shape index (κ1) is 28.0. The third-order valence-electron chi connectivity index (χ3n) is 4.72. The summed E-state index contributed by atoms with van der Waals surface area (Å²) in [4.78, 5) is 11.3. The third kappa shape index (κ3) is 22.3. The zero-order valence-corrected chi connectivity index (χ0v) is 19.2. The molecule has 0 rings (SSSR count). The van der Waals surface area contributed by atoms with Crippen LogP contribution in [0, 0.1) is 0 Å². The molecule has 170 valence electrons. The van der Waals surface area contributed by atoms with Gasteiger partial charge in [0.1, 0.15) is 6.61 Å². The van der Waals surface area contributed by atoms with E-state index < -0.39 is 7.82 Å². The molecule has 0 saturated heterocycles. The molecule has 1 atom stereocenters. The van der Waals surface area contributed by atoms with Gasteiger partial charge in [0.25, 0.3) is 7.82 Å². The summed E-state index contributed by atoms with van der Waals surface area (Å²) in [5.74, 6) is 0. The molecular weight excluding hydrogens is 377 g/mol. The van der Waals surface area contributed by atoms with Crippen molar-refractivity contribution in [3.05, 3.63) is 0 Å². The topological polar surface area (TPSA) is 95.5 Å². The fourth-order valence-corrected chi connectivity index (χ4v) is 3.83. The number of quaternary nitrogens is 1. The van der Waals surface area contributed by atoms with Gasteiger partial charge in [-0.15, -0.1) is 0 Å². The Balaban J connectivity index is 3.13. The molecule has 0 fully saturated rings. The van der Waals surface area contributed by atoms with E-state index in [0.29, 0.717) is 19.6 Å². The average Bonchev–Trinajstić information content (AvgIpc) is 2.68. The summed E-state index contributed by atoms with van der Waals surface area (Å²) in [6, 6.07) is 0. The first-order valence-electron chi connectivity index (χ1n) is 11.6. The van der Waals surface area contributed by atoms with E-state index >= 15 is 0 Å². The van der Waals surface area contributed by atoms with Gasteiger partial charge in [-0.25, -0.2) is 0 Å². The molecule has 28 heavy (non-hydrogen) atoms. The highest BCUT2D eigenvalue weighted by atomic mass is 31.2. The third-order valence-corrected chi connectivity index (χ3v) is 5.72. The molecule has 0 aromatic rings. The van der Waals surface area contributed by atoms with E-state index in [-0.39, 0.29) is 13.2 Å². The van der Waals surface area contributed by atoms with E-state index in [2.05, 4.69) is 17.2 Å². The Kier molecular flexibility index (Phi) is 21.8. The Morgan fingerprint density at radius 2 is 1.07 bits per heavy atom. The number of unbranched alkanes of at least 4 members (excludes halogenated alkanes) is 13. The smallest absolute Gasteiger partial charge is 0.268 e. The summed E-state index contributed by atoms with van der Waals surface area (Å²) in [7, 11) is -4.15. The van der Waals surface area contributed by atoms with Crippen molar-refractivity contribution in [1.82, 2.24) is 0 Å². The molecule has 3 N–H and O–H groups in total. The van der Waals surface area contributed by atoms with Gasteiger partial charge in [-0.3, -0.25) is 4.57 Å². The minimum atomic E-state index is -4.15. The molecular formula is C21H46NO5P. The highest BCUT2D eigenvalue weighted by Gasteiger charge is 2.08. The molecule has 6 nitrogen and oxygen atoms in total. The van der Waals surface area contributed by atoms with Crippen LogP contribution in [0.4, 0.5) is 0 Å². The highest BCUT2D eigenvalue weighted by Crippen LogP contribution is 2.37. The number of phosphoric ester groups is 1. The molecule has 0 bridgehead atoms. The maximum Gasteiger partial charge on any atom is 0.268 e. The summed E-state index contributed by atoms with van der Waals surface area (Å²) < 4.78 is 26.1. The van der Waals surface area contributed by atoms with Gasteiger partial charge in [0.15, 0.2) is 0 Å². The monoisotopic (exact) mass is 423 g/mol. The van der Waals surface area contributed by atoms with Crippen molar-refractivity contribution >= 4 is 7.82 Å². The van der Waals surface area contributed by atoms with Crippen LogP contribution in [0.3, 0.4) is 0 Å². The Bertz CT molecular complexity index is 358. The zero-order chi connectivity index (χ0) is 20.8. The van der Waals surface area contributed by atoms with Gasteiger partial charge in [0, 0.05) is 13.2 Å². The quantitative estimate of drug-likeness (QED) is 0.191. The van der Waals surface area contributed by atoms with Crippen molar-refractivity contribution in [2.75, 3.05) is 33.0 Å².